The largest absolute Gasteiger partial charge is 0.453 e. The molecule has 0 aliphatic carbocycles. The van der Waals surface area contributed by atoms with Gasteiger partial charge in [0.15, 0.2) is 18.7 Å². The summed E-state index contributed by atoms with van der Waals surface area (Å²) in [6, 6.07) is 15.0. The molecule has 2 aromatic carbocycles. The summed E-state index contributed by atoms with van der Waals surface area (Å²) in [5.41, 5.74) is 2.18. The Morgan fingerprint density at radius 2 is 1.93 bits per heavy atom. The minimum absolute atomic E-state index is 0.0897. The Labute approximate surface area is 166 Å². The molecule has 142 valence electrons. The number of hydrogen-bond donors (Lipinski definition) is 1. The molecule has 6 nitrogen and oxygen atoms in total. The molecule has 1 amide bonds. The number of halogens is 1. The number of esters is 1. The summed E-state index contributed by atoms with van der Waals surface area (Å²) in [4.78, 5) is 35.2. The van der Waals surface area contributed by atoms with Gasteiger partial charge in [0.1, 0.15) is 5.76 Å². The average molecular weight is 398 g/mol. The number of aryl methyl sites for hydroxylation is 1. The number of rotatable bonds is 6. The zero-order valence-electron chi connectivity index (χ0n) is 14.9. The normalized spacial score (nSPS) is 10.4. The van der Waals surface area contributed by atoms with Crippen molar-refractivity contribution in [3.8, 4) is 11.3 Å². The average Bonchev–Trinajstić information content (AvgIpc) is 3.17. The first-order valence-electron chi connectivity index (χ1n) is 8.35. The lowest BCUT2D eigenvalue weighted by atomic mass is 10.1. The first-order chi connectivity index (χ1) is 13.5. The second-order valence-electron chi connectivity index (χ2n) is 5.95. The lowest BCUT2D eigenvalue weighted by Gasteiger charge is -2.10. The molecule has 0 fully saturated rings. The molecule has 1 N–H and O–H groups in total. The number of para-hydroxylation sites is 1. The van der Waals surface area contributed by atoms with Crippen molar-refractivity contribution in [1.82, 2.24) is 0 Å². The fourth-order valence-electron chi connectivity index (χ4n) is 2.51. The van der Waals surface area contributed by atoms with E-state index < -0.39 is 18.5 Å². The van der Waals surface area contributed by atoms with Crippen LogP contribution >= 0.6 is 11.6 Å². The number of nitrogens with one attached hydrogen (secondary N) is 1. The molecule has 0 aliphatic rings. The zero-order chi connectivity index (χ0) is 20.1. The quantitative estimate of drug-likeness (QED) is 0.488. The number of carbonyl (C=O) groups is 3. The number of benzene rings is 2. The highest BCUT2D eigenvalue weighted by Gasteiger charge is 2.16. The van der Waals surface area contributed by atoms with Crippen LogP contribution in [0.25, 0.3) is 11.3 Å². The van der Waals surface area contributed by atoms with Gasteiger partial charge in [0.25, 0.3) is 5.91 Å². The topological polar surface area (TPSA) is 85.6 Å². The Morgan fingerprint density at radius 3 is 2.64 bits per heavy atom. The smallest absolute Gasteiger partial charge is 0.340 e. The number of hydrogen-bond acceptors (Lipinski definition) is 5. The van der Waals surface area contributed by atoms with Crippen LogP contribution in [0.5, 0.6) is 0 Å². The van der Waals surface area contributed by atoms with Gasteiger partial charge in [-0.3, -0.25) is 9.59 Å². The zero-order valence-corrected chi connectivity index (χ0v) is 15.7. The van der Waals surface area contributed by atoms with Gasteiger partial charge in [0.05, 0.1) is 10.6 Å². The fourth-order valence-corrected chi connectivity index (χ4v) is 2.71. The molecule has 0 spiro atoms. The molecule has 0 saturated carbocycles. The third-order valence-corrected chi connectivity index (χ3v) is 4.30. The Kier molecular flexibility index (Phi) is 5.91. The van der Waals surface area contributed by atoms with E-state index in [1.165, 1.54) is 18.2 Å². The predicted octanol–water partition coefficient (Wildman–Crippen LogP) is 4.52. The van der Waals surface area contributed by atoms with E-state index in [0.717, 1.165) is 5.56 Å². The summed E-state index contributed by atoms with van der Waals surface area (Å²) in [7, 11) is 0. The molecule has 1 aromatic heterocycles. The monoisotopic (exact) mass is 397 g/mol. The summed E-state index contributed by atoms with van der Waals surface area (Å²) in [6.45, 7) is 1.40. The number of aldehydes is 1. The van der Waals surface area contributed by atoms with Crippen molar-refractivity contribution in [3.05, 3.63) is 76.5 Å². The van der Waals surface area contributed by atoms with Crippen molar-refractivity contribution in [1.29, 1.82) is 0 Å². The van der Waals surface area contributed by atoms with Crippen molar-refractivity contribution in [2.45, 2.75) is 6.92 Å². The maximum Gasteiger partial charge on any atom is 0.340 e. The van der Waals surface area contributed by atoms with E-state index in [0.29, 0.717) is 23.3 Å². The summed E-state index contributed by atoms with van der Waals surface area (Å²) in [6.07, 6.45) is 0.585. The molecule has 28 heavy (non-hydrogen) atoms. The molecule has 0 saturated heterocycles. The van der Waals surface area contributed by atoms with Gasteiger partial charge in [0.2, 0.25) is 0 Å². The fraction of sp³-hybridized carbons (Fsp3) is 0.0952. The van der Waals surface area contributed by atoms with E-state index >= 15 is 0 Å². The van der Waals surface area contributed by atoms with Gasteiger partial charge in [-0.15, -0.1) is 0 Å². The Hall–Kier alpha value is -3.38. The van der Waals surface area contributed by atoms with Gasteiger partial charge in [-0.2, -0.15) is 0 Å². The molecule has 7 heteroatoms. The summed E-state index contributed by atoms with van der Waals surface area (Å²) in [5.74, 6) is -0.627. The first-order valence-corrected chi connectivity index (χ1v) is 8.73. The Bertz CT molecular complexity index is 1040. The lowest BCUT2D eigenvalue weighted by molar-refractivity contribution is -0.119. The van der Waals surface area contributed by atoms with Gasteiger partial charge in [0, 0.05) is 11.3 Å². The lowest BCUT2D eigenvalue weighted by Crippen LogP contribution is -2.21. The third kappa shape index (κ3) is 4.47. The van der Waals surface area contributed by atoms with Gasteiger partial charge in [-0.1, -0.05) is 29.8 Å². The van der Waals surface area contributed by atoms with Crippen LogP contribution in [-0.2, 0) is 9.53 Å². The van der Waals surface area contributed by atoms with Crippen LogP contribution in [-0.4, -0.2) is 24.8 Å². The minimum Gasteiger partial charge on any atom is -0.453 e. The number of carbonyl (C=O) groups excluding carboxylic acids is 3. The first kappa shape index (κ1) is 19.4. The van der Waals surface area contributed by atoms with Crippen LogP contribution in [0.3, 0.4) is 0 Å². The molecule has 3 rings (SSSR count). The van der Waals surface area contributed by atoms with Crippen molar-refractivity contribution < 1.29 is 23.5 Å². The molecule has 3 aromatic rings. The molecule has 0 atom stereocenters. The third-order valence-electron chi connectivity index (χ3n) is 3.97. The number of amides is 1. The van der Waals surface area contributed by atoms with Crippen LogP contribution in [0.4, 0.5) is 5.69 Å². The number of anilines is 1. The van der Waals surface area contributed by atoms with Gasteiger partial charge >= 0.3 is 5.97 Å². The van der Waals surface area contributed by atoms with Crippen molar-refractivity contribution in [3.63, 3.8) is 0 Å². The van der Waals surface area contributed by atoms with Crippen molar-refractivity contribution in [2.75, 3.05) is 11.9 Å². The molecule has 0 unspecified atom stereocenters. The standard InChI is InChI=1S/C21H16ClNO5/c1-13-4-2-3-5-18(13)23-20(25)12-27-21(26)16-10-14(6-8-17(16)22)19-9-7-15(11-24)28-19/h2-11H,12H2,1H3,(H,23,25). The Morgan fingerprint density at radius 1 is 1.14 bits per heavy atom. The number of ether oxygens (including phenoxy) is 1. The van der Waals surface area contributed by atoms with Crippen LogP contribution in [0.2, 0.25) is 5.02 Å². The van der Waals surface area contributed by atoms with Gasteiger partial charge in [-0.25, -0.2) is 4.79 Å². The molecular weight excluding hydrogens is 382 g/mol. The van der Waals surface area contributed by atoms with Crippen LogP contribution in [0.1, 0.15) is 26.5 Å². The van der Waals surface area contributed by atoms with E-state index in [-0.39, 0.29) is 16.3 Å². The molecule has 1 heterocycles. The van der Waals surface area contributed by atoms with E-state index in [4.69, 9.17) is 20.8 Å². The summed E-state index contributed by atoms with van der Waals surface area (Å²) in [5, 5.41) is 2.86. The van der Waals surface area contributed by atoms with E-state index in [1.807, 2.05) is 19.1 Å². The van der Waals surface area contributed by atoms with Crippen LogP contribution in [0, 0.1) is 6.92 Å². The van der Waals surface area contributed by atoms with E-state index in [9.17, 15) is 14.4 Å². The van der Waals surface area contributed by atoms with E-state index in [2.05, 4.69) is 5.32 Å². The van der Waals surface area contributed by atoms with Crippen LogP contribution in [0.15, 0.2) is 59.0 Å². The van der Waals surface area contributed by atoms with Gasteiger partial charge < -0.3 is 14.5 Å². The second kappa shape index (κ2) is 8.54. The maximum atomic E-state index is 12.4. The summed E-state index contributed by atoms with van der Waals surface area (Å²) < 4.78 is 10.4. The molecule has 0 radical (unpaired) electrons. The number of furan rings is 1. The molecular formula is C21H16ClNO5. The van der Waals surface area contributed by atoms with E-state index in [1.54, 1.807) is 24.3 Å². The highest BCUT2D eigenvalue weighted by atomic mass is 35.5. The second-order valence-corrected chi connectivity index (χ2v) is 6.36. The van der Waals surface area contributed by atoms with Crippen LogP contribution < -0.4 is 5.32 Å². The van der Waals surface area contributed by atoms with Crippen molar-refractivity contribution >= 4 is 35.5 Å². The SMILES string of the molecule is Cc1ccccc1NC(=O)COC(=O)c1cc(-c2ccc(C=O)o2)ccc1Cl. The highest BCUT2D eigenvalue weighted by molar-refractivity contribution is 6.33. The molecule has 0 aliphatic heterocycles. The minimum atomic E-state index is -0.742. The van der Waals surface area contributed by atoms with Crippen molar-refractivity contribution in [2.24, 2.45) is 0 Å². The van der Waals surface area contributed by atoms with Gasteiger partial charge in [-0.05, 0) is 48.9 Å². The Balaban J connectivity index is 1.68. The predicted molar refractivity (Wildman–Crippen MR) is 105 cm³/mol. The summed E-state index contributed by atoms with van der Waals surface area (Å²) >= 11 is 6.09. The maximum absolute atomic E-state index is 12.4. The highest BCUT2D eigenvalue weighted by Crippen LogP contribution is 2.27. The molecule has 0 bridgehead atoms.